The van der Waals surface area contributed by atoms with Gasteiger partial charge in [0.15, 0.2) is 5.96 Å². The van der Waals surface area contributed by atoms with Gasteiger partial charge in [-0.3, -0.25) is 4.99 Å². The van der Waals surface area contributed by atoms with Gasteiger partial charge in [-0.2, -0.15) is 0 Å². The average Bonchev–Trinajstić information content (AvgIpc) is 2.58. The number of methoxy groups -OCH3 is 1. The van der Waals surface area contributed by atoms with Gasteiger partial charge in [-0.1, -0.05) is 6.92 Å². The zero-order chi connectivity index (χ0) is 17.6. The van der Waals surface area contributed by atoms with E-state index in [1.165, 1.54) is 26.2 Å². The molecule has 0 aromatic carbocycles. The van der Waals surface area contributed by atoms with E-state index in [0.717, 1.165) is 38.6 Å². The molecule has 0 spiro atoms. The molecule has 1 saturated heterocycles. The van der Waals surface area contributed by atoms with Crippen molar-refractivity contribution in [3.63, 3.8) is 0 Å². The molecule has 0 bridgehead atoms. The smallest absolute Gasteiger partial charge is 0.190 e. The first-order valence-electron chi connectivity index (χ1n) is 9.07. The minimum Gasteiger partial charge on any atom is -0.382 e. The van der Waals surface area contributed by atoms with Gasteiger partial charge in [0, 0.05) is 66.6 Å². The molecule has 0 aromatic rings. The van der Waals surface area contributed by atoms with Gasteiger partial charge in [-0.15, -0.1) is 24.0 Å². The first-order valence-corrected chi connectivity index (χ1v) is 9.07. The molecule has 150 valence electrons. The fourth-order valence-corrected chi connectivity index (χ4v) is 2.65. The van der Waals surface area contributed by atoms with Crippen LogP contribution in [0.5, 0.6) is 0 Å². The summed E-state index contributed by atoms with van der Waals surface area (Å²) < 4.78 is 10.4. The molecular weight excluding hydrogens is 433 g/mol. The van der Waals surface area contributed by atoms with Crippen molar-refractivity contribution in [1.82, 2.24) is 20.4 Å². The van der Waals surface area contributed by atoms with Crippen LogP contribution in [0.4, 0.5) is 0 Å². The number of likely N-dealkylation sites (N-methyl/N-ethyl adjacent to an activating group) is 1. The molecule has 25 heavy (non-hydrogen) atoms. The number of nitrogens with one attached hydrogen (secondary N) is 2. The van der Waals surface area contributed by atoms with E-state index in [4.69, 9.17) is 9.47 Å². The lowest BCUT2D eigenvalue weighted by atomic mass is 10.1. The number of aliphatic imine (C=N–C) groups is 1. The van der Waals surface area contributed by atoms with Crippen molar-refractivity contribution in [1.29, 1.82) is 0 Å². The summed E-state index contributed by atoms with van der Waals surface area (Å²) in [6.45, 7) is 12.0. The predicted octanol–water partition coefficient (Wildman–Crippen LogP) is 0.706. The average molecular weight is 471 g/mol. The Kier molecular flexibility index (Phi) is 15.9. The van der Waals surface area contributed by atoms with E-state index in [2.05, 4.69) is 39.4 Å². The van der Waals surface area contributed by atoms with Gasteiger partial charge in [0.05, 0.1) is 13.2 Å². The lowest BCUT2D eigenvalue weighted by Gasteiger charge is -2.34. The molecule has 1 aliphatic rings. The number of ether oxygens (including phenoxy) is 2. The summed E-state index contributed by atoms with van der Waals surface area (Å²) in [5.74, 6) is 1.47. The Balaban J connectivity index is 0.00000576. The van der Waals surface area contributed by atoms with Crippen LogP contribution in [0, 0.1) is 5.92 Å². The van der Waals surface area contributed by atoms with Gasteiger partial charge < -0.3 is 29.9 Å². The lowest BCUT2D eigenvalue weighted by molar-refractivity contribution is 0.0698. The molecule has 1 atom stereocenters. The standard InChI is InChI=1S/C17H37N5O2.HI/c1-16(15-22-9-7-21(3)8-10-22)14-20-17(18-2)19-6-5-11-24-13-12-23-4;/h16H,5-15H2,1-4H3,(H2,18,19,20);1H. The zero-order valence-corrected chi connectivity index (χ0v) is 18.8. The summed E-state index contributed by atoms with van der Waals surface area (Å²) >= 11 is 0. The molecule has 8 heteroatoms. The third kappa shape index (κ3) is 12.8. The Morgan fingerprint density at radius 1 is 1.12 bits per heavy atom. The van der Waals surface area contributed by atoms with E-state index in [0.29, 0.717) is 19.1 Å². The van der Waals surface area contributed by atoms with Gasteiger partial charge in [-0.25, -0.2) is 0 Å². The fourth-order valence-electron chi connectivity index (χ4n) is 2.65. The molecule has 0 amide bonds. The Labute approximate surface area is 170 Å². The number of hydrogen-bond acceptors (Lipinski definition) is 5. The highest BCUT2D eigenvalue weighted by Gasteiger charge is 2.16. The van der Waals surface area contributed by atoms with Crippen LogP contribution in [-0.4, -0.2) is 103 Å². The molecule has 0 aliphatic carbocycles. The summed E-state index contributed by atoms with van der Waals surface area (Å²) in [5, 5.41) is 6.75. The molecule has 0 saturated carbocycles. The number of hydrogen-bond donors (Lipinski definition) is 2. The maximum Gasteiger partial charge on any atom is 0.190 e. The quantitative estimate of drug-likeness (QED) is 0.200. The number of guanidine groups is 1. The summed E-state index contributed by atoms with van der Waals surface area (Å²) in [6.07, 6.45) is 0.960. The van der Waals surface area contributed by atoms with E-state index in [-0.39, 0.29) is 24.0 Å². The van der Waals surface area contributed by atoms with E-state index in [1.54, 1.807) is 7.11 Å². The largest absolute Gasteiger partial charge is 0.382 e. The highest BCUT2D eigenvalue weighted by molar-refractivity contribution is 14.0. The van der Waals surface area contributed by atoms with Crippen LogP contribution in [0.25, 0.3) is 0 Å². The second kappa shape index (κ2) is 16.0. The molecule has 0 radical (unpaired) electrons. The SMILES string of the molecule is CN=C(NCCCOCCOC)NCC(C)CN1CCN(C)CC1.I. The minimum absolute atomic E-state index is 0. The first kappa shape index (κ1) is 24.8. The molecule has 1 heterocycles. The van der Waals surface area contributed by atoms with Gasteiger partial charge in [-0.05, 0) is 19.4 Å². The molecule has 1 unspecified atom stereocenters. The summed E-state index contributed by atoms with van der Waals surface area (Å²) in [7, 11) is 5.70. The second-order valence-electron chi connectivity index (χ2n) is 6.55. The summed E-state index contributed by atoms with van der Waals surface area (Å²) in [4.78, 5) is 9.23. The molecule has 1 fully saturated rings. The third-order valence-corrected chi connectivity index (χ3v) is 4.20. The maximum atomic E-state index is 5.45. The van der Waals surface area contributed by atoms with Crippen molar-refractivity contribution in [2.24, 2.45) is 10.9 Å². The van der Waals surface area contributed by atoms with E-state index < -0.39 is 0 Å². The van der Waals surface area contributed by atoms with E-state index >= 15 is 0 Å². The van der Waals surface area contributed by atoms with Crippen LogP contribution in [-0.2, 0) is 9.47 Å². The monoisotopic (exact) mass is 471 g/mol. The van der Waals surface area contributed by atoms with Crippen LogP contribution in [0.3, 0.4) is 0 Å². The Bertz CT molecular complexity index is 339. The van der Waals surface area contributed by atoms with Crippen molar-refractivity contribution in [2.75, 3.05) is 86.8 Å². The molecular formula is C17H38IN5O2. The van der Waals surface area contributed by atoms with Crippen LogP contribution < -0.4 is 10.6 Å². The van der Waals surface area contributed by atoms with Crippen LogP contribution in [0.2, 0.25) is 0 Å². The van der Waals surface area contributed by atoms with Crippen LogP contribution >= 0.6 is 24.0 Å². The molecule has 2 N–H and O–H groups in total. The minimum atomic E-state index is 0. The van der Waals surface area contributed by atoms with Crippen LogP contribution in [0.1, 0.15) is 13.3 Å². The molecule has 7 nitrogen and oxygen atoms in total. The Morgan fingerprint density at radius 3 is 2.48 bits per heavy atom. The van der Waals surface area contributed by atoms with Crippen LogP contribution in [0.15, 0.2) is 4.99 Å². The molecule has 1 aliphatic heterocycles. The van der Waals surface area contributed by atoms with Crippen molar-refractivity contribution >= 4 is 29.9 Å². The van der Waals surface area contributed by atoms with Gasteiger partial charge in [0.1, 0.15) is 0 Å². The third-order valence-electron chi connectivity index (χ3n) is 4.20. The van der Waals surface area contributed by atoms with Crippen molar-refractivity contribution in [2.45, 2.75) is 13.3 Å². The lowest BCUT2D eigenvalue weighted by Crippen LogP contribution is -2.47. The van der Waals surface area contributed by atoms with Gasteiger partial charge in [0.2, 0.25) is 0 Å². The maximum absolute atomic E-state index is 5.45. The number of piperazine rings is 1. The zero-order valence-electron chi connectivity index (χ0n) is 16.4. The number of rotatable bonds is 11. The van der Waals surface area contributed by atoms with Gasteiger partial charge >= 0.3 is 0 Å². The molecule has 1 rings (SSSR count). The first-order chi connectivity index (χ1) is 11.7. The second-order valence-corrected chi connectivity index (χ2v) is 6.55. The number of halogens is 1. The number of nitrogens with zero attached hydrogens (tertiary/aromatic N) is 3. The van der Waals surface area contributed by atoms with Gasteiger partial charge in [0.25, 0.3) is 0 Å². The topological polar surface area (TPSA) is 61.4 Å². The fraction of sp³-hybridized carbons (Fsp3) is 0.941. The summed E-state index contributed by atoms with van der Waals surface area (Å²) in [6, 6.07) is 0. The highest BCUT2D eigenvalue weighted by atomic mass is 127. The Morgan fingerprint density at radius 2 is 1.84 bits per heavy atom. The van der Waals surface area contributed by atoms with Crippen molar-refractivity contribution in [3.8, 4) is 0 Å². The van der Waals surface area contributed by atoms with Crippen molar-refractivity contribution < 1.29 is 9.47 Å². The predicted molar refractivity (Wildman–Crippen MR) is 115 cm³/mol. The summed E-state index contributed by atoms with van der Waals surface area (Å²) in [5.41, 5.74) is 0. The normalized spacial score (nSPS) is 17.8. The van der Waals surface area contributed by atoms with Crippen molar-refractivity contribution in [3.05, 3.63) is 0 Å². The molecule has 0 aromatic heterocycles. The Hall–Kier alpha value is -0.160. The highest BCUT2D eigenvalue weighted by Crippen LogP contribution is 2.03. The van der Waals surface area contributed by atoms with E-state index in [9.17, 15) is 0 Å². The van der Waals surface area contributed by atoms with E-state index in [1.807, 2.05) is 7.05 Å².